The fourth-order valence-electron chi connectivity index (χ4n) is 12.9. The zero-order valence-corrected chi connectivity index (χ0v) is 33.3. The van der Waals surface area contributed by atoms with Crippen LogP contribution in [0.15, 0.2) is 176 Å². The summed E-state index contributed by atoms with van der Waals surface area (Å²) in [6, 6.07) is 66.7. The Labute approximate surface area is 344 Å². The molecule has 58 heavy (non-hydrogen) atoms. The van der Waals surface area contributed by atoms with Crippen LogP contribution in [0.25, 0.3) is 64.3 Å². The molecule has 4 fully saturated rings. The van der Waals surface area contributed by atoms with Crippen molar-refractivity contribution in [2.45, 2.75) is 37.5 Å². The van der Waals surface area contributed by atoms with Crippen molar-refractivity contribution in [1.82, 2.24) is 0 Å². The number of anilines is 3. The summed E-state index contributed by atoms with van der Waals surface area (Å²) in [5, 5.41) is 5.22. The first-order valence-corrected chi connectivity index (χ1v) is 22.2. The molecule has 4 bridgehead atoms. The molecule has 2 heteroatoms. The van der Waals surface area contributed by atoms with Gasteiger partial charge in [-0.1, -0.05) is 133 Å². The summed E-state index contributed by atoms with van der Waals surface area (Å²) in [6.45, 7) is 0. The van der Waals surface area contributed by atoms with Gasteiger partial charge in [-0.15, -0.1) is 11.3 Å². The van der Waals surface area contributed by atoms with Gasteiger partial charge in [-0.25, -0.2) is 0 Å². The summed E-state index contributed by atoms with van der Waals surface area (Å²) in [6.07, 6.45) is 7.01. The fourth-order valence-corrected chi connectivity index (χ4v) is 14.0. The number of benzene rings is 8. The van der Waals surface area contributed by atoms with Crippen LogP contribution in [0.5, 0.6) is 0 Å². The first-order valence-electron chi connectivity index (χ1n) is 21.3. The molecule has 8 aromatic carbocycles. The average Bonchev–Trinajstić information content (AvgIpc) is 3.80. The molecule has 0 unspecified atom stereocenters. The summed E-state index contributed by atoms with van der Waals surface area (Å²) in [4.78, 5) is 2.54. The van der Waals surface area contributed by atoms with Crippen molar-refractivity contribution in [3.8, 4) is 33.4 Å². The lowest BCUT2D eigenvalue weighted by Crippen LogP contribution is -2.55. The minimum Gasteiger partial charge on any atom is -0.310 e. The number of thiophene rings is 1. The van der Waals surface area contributed by atoms with Crippen molar-refractivity contribution in [1.29, 1.82) is 0 Å². The number of hydrogen-bond acceptors (Lipinski definition) is 2. The molecular formula is C56H43NS. The van der Waals surface area contributed by atoms with E-state index in [4.69, 9.17) is 0 Å². The number of nitrogens with zero attached hydrogens (tertiary/aromatic N) is 1. The molecule has 278 valence electrons. The second-order valence-electron chi connectivity index (χ2n) is 17.7. The van der Waals surface area contributed by atoms with Gasteiger partial charge in [0.25, 0.3) is 0 Å². The lowest BCUT2D eigenvalue weighted by Gasteiger charge is -2.61. The highest BCUT2D eigenvalue weighted by atomic mass is 32.1. The Morgan fingerprint density at radius 2 is 1.03 bits per heavy atom. The Morgan fingerprint density at radius 1 is 0.431 bits per heavy atom. The Hall–Kier alpha value is -5.96. The van der Waals surface area contributed by atoms with Crippen molar-refractivity contribution < 1.29 is 0 Å². The smallest absolute Gasteiger partial charge is 0.0540 e. The maximum atomic E-state index is 2.63. The van der Waals surface area contributed by atoms with Crippen LogP contribution in [0.3, 0.4) is 0 Å². The molecule has 4 saturated carbocycles. The third-order valence-corrected chi connectivity index (χ3v) is 16.0. The molecule has 1 heterocycles. The van der Waals surface area contributed by atoms with E-state index in [0.717, 1.165) is 23.7 Å². The number of hydrogen-bond donors (Lipinski definition) is 0. The Bertz CT molecular complexity index is 3060. The Kier molecular flexibility index (Phi) is 7.13. The standard InChI is InChI=1S/C56H43NS/c1-2-14-44-37(11-1)12-9-20-52(44)57(42-27-28-47-46-16-5-7-19-50(46)56(51(47)34-42)39-30-35-29-36(32-39)33-40(56)31-35)41-25-23-38(24-26-41)43-13-3-4-15-45(43)48-18-10-22-54-55(48)49-17-6-8-21-53(49)58-54/h1-28,34-36,39-40H,29-33H2/t35-,36?,39-,40-,56?/m1/s1. The molecule has 0 atom stereocenters. The number of fused-ring (bicyclic) bond motifs is 7. The van der Waals surface area contributed by atoms with E-state index in [0.29, 0.717) is 0 Å². The van der Waals surface area contributed by atoms with Crippen molar-refractivity contribution in [3.63, 3.8) is 0 Å². The van der Waals surface area contributed by atoms with Gasteiger partial charge < -0.3 is 4.90 Å². The van der Waals surface area contributed by atoms with E-state index in [9.17, 15) is 0 Å². The van der Waals surface area contributed by atoms with Gasteiger partial charge in [-0.05, 0) is 148 Å². The highest BCUT2D eigenvalue weighted by Gasteiger charge is 2.61. The zero-order chi connectivity index (χ0) is 38.0. The Balaban J connectivity index is 0.975. The maximum absolute atomic E-state index is 2.63. The first kappa shape index (κ1) is 33.1. The summed E-state index contributed by atoms with van der Waals surface area (Å²) in [7, 11) is 0. The van der Waals surface area contributed by atoms with Crippen molar-refractivity contribution in [2.75, 3.05) is 4.90 Å². The van der Waals surface area contributed by atoms with Gasteiger partial charge in [0.2, 0.25) is 0 Å². The van der Waals surface area contributed by atoms with Crippen molar-refractivity contribution >= 4 is 59.3 Å². The molecule has 14 rings (SSSR count). The molecule has 0 saturated heterocycles. The van der Waals surface area contributed by atoms with Crippen LogP contribution < -0.4 is 4.90 Å². The van der Waals surface area contributed by atoms with E-state index in [1.165, 1.54) is 113 Å². The lowest BCUT2D eigenvalue weighted by atomic mass is 9.43. The molecule has 0 amide bonds. The predicted molar refractivity (Wildman–Crippen MR) is 246 cm³/mol. The summed E-state index contributed by atoms with van der Waals surface area (Å²) in [5.74, 6) is 3.29. The van der Waals surface area contributed by atoms with E-state index < -0.39 is 0 Å². The summed E-state index contributed by atoms with van der Waals surface area (Å²) >= 11 is 1.89. The minimum atomic E-state index is 0.115. The molecule has 9 aromatic rings. The second kappa shape index (κ2) is 12.5. The highest BCUT2D eigenvalue weighted by molar-refractivity contribution is 7.25. The summed E-state index contributed by atoms with van der Waals surface area (Å²) in [5.41, 5.74) is 15.0. The van der Waals surface area contributed by atoms with Gasteiger partial charge >= 0.3 is 0 Å². The lowest BCUT2D eigenvalue weighted by molar-refractivity contribution is -0.0399. The molecule has 5 aliphatic carbocycles. The van der Waals surface area contributed by atoms with Crippen LogP contribution in [-0.4, -0.2) is 0 Å². The third kappa shape index (κ3) is 4.64. The SMILES string of the molecule is c1ccc(-c2cccc3sc4ccccc4c23)c(-c2ccc(N(c3ccc4c(c3)C3(c5ccccc5-4)[C@H]4CC5C[C@H](C4)C[C@@H]3C5)c3cccc4ccccc34)cc2)c1. The molecule has 0 aliphatic heterocycles. The van der Waals surface area contributed by atoms with Gasteiger partial charge in [-0.3, -0.25) is 0 Å². The molecule has 0 radical (unpaired) electrons. The van der Waals surface area contributed by atoms with Crippen LogP contribution in [0.2, 0.25) is 0 Å². The topological polar surface area (TPSA) is 3.24 Å². The monoisotopic (exact) mass is 761 g/mol. The van der Waals surface area contributed by atoms with Crippen LogP contribution in [0.1, 0.15) is 43.2 Å². The van der Waals surface area contributed by atoms with Crippen LogP contribution in [-0.2, 0) is 5.41 Å². The maximum Gasteiger partial charge on any atom is 0.0540 e. The molecule has 1 spiro atoms. The molecule has 1 nitrogen and oxygen atoms in total. The highest BCUT2D eigenvalue weighted by Crippen LogP contribution is 2.69. The normalized spacial score (nSPS) is 22.6. The second-order valence-corrected chi connectivity index (χ2v) is 18.7. The first-order chi connectivity index (χ1) is 28.7. The summed E-state index contributed by atoms with van der Waals surface area (Å²) < 4.78 is 2.67. The van der Waals surface area contributed by atoms with Gasteiger partial charge in [-0.2, -0.15) is 0 Å². The van der Waals surface area contributed by atoms with E-state index in [1.807, 2.05) is 11.3 Å². The van der Waals surface area contributed by atoms with E-state index in [-0.39, 0.29) is 5.41 Å². The van der Waals surface area contributed by atoms with Crippen LogP contribution in [0, 0.1) is 23.7 Å². The van der Waals surface area contributed by atoms with Crippen LogP contribution in [0.4, 0.5) is 17.1 Å². The van der Waals surface area contributed by atoms with Gasteiger partial charge in [0.15, 0.2) is 0 Å². The molecule has 1 aromatic heterocycles. The van der Waals surface area contributed by atoms with Gasteiger partial charge in [0, 0.05) is 42.3 Å². The fraction of sp³-hybridized carbons (Fsp3) is 0.179. The third-order valence-electron chi connectivity index (χ3n) is 14.9. The largest absolute Gasteiger partial charge is 0.310 e. The van der Waals surface area contributed by atoms with Crippen molar-refractivity contribution in [2.24, 2.45) is 23.7 Å². The van der Waals surface area contributed by atoms with Crippen LogP contribution >= 0.6 is 11.3 Å². The van der Waals surface area contributed by atoms with Gasteiger partial charge in [0.1, 0.15) is 0 Å². The molecule has 5 aliphatic rings. The number of rotatable bonds is 5. The Morgan fingerprint density at radius 3 is 1.86 bits per heavy atom. The quantitative estimate of drug-likeness (QED) is 0.169. The van der Waals surface area contributed by atoms with Crippen molar-refractivity contribution in [3.05, 3.63) is 187 Å². The van der Waals surface area contributed by atoms with E-state index >= 15 is 0 Å². The average molecular weight is 762 g/mol. The van der Waals surface area contributed by atoms with Gasteiger partial charge in [0.05, 0.1) is 5.69 Å². The van der Waals surface area contributed by atoms with E-state index in [2.05, 4.69) is 181 Å². The van der Waals surface area contributed by atoms with E-state index in [1.54, 1.807) is 11.1 Å². The molecule has 0 N–H and O–H groups in total. The zero-order valence-electron chi connectivity index (χ0n) is 32.4. The predicted octanol–water partition coefficient (Wildman–Crippen LogP) is 15.7. The molecular weight excluding hydrogens is 719 g/mol. The minimum absolute atomic E-state index is 0.115.